The molecule has 0 fully saturated rings. The lowest BCUT2D eigenvalue weighted by Gasteiger charge is -2.15. The summed E-state index contributed by atoms with van der Waals surface area (Å²) in [5.41, 5.74) is 1.18. The van der Waals surface area contributed by atoms with E-state index >= 15 is 0 Å². The van der Waals surface area contributed by atoms with Gasteiger partial charge in [0.15, 0.2) is 0 Å². The van der Waals surface area contributed by atoms with Crippen LogP contribution in [0.5, 0.6) is 0 Å². The van der Waals surface area contributed by atoms with Crippen LogP contribution in [-0.4, -0.2) is 17.6 Å². The molecule has 0 aliphatic carbocycles. The number of hydrogen-bond acceptors (Lipinski definition) is 2. The van der Waals surface area contributed by atoms with Gasteiger partial charge in [-0.3, -0.25) is 4.79 Å². The van der Waals surface area contributed by atoms with Crippen LogP contribution in [0.1, 0.15) is 25.8 Å². The molecule has 0 aliphatic rings. The second kappa shape index (κ2) is 7.74. The molecule has 1 aromatic carbocycles. The zero-order valence-corrected chi connectivity index (χ0v) is 13.0. The van der Waals surface area contributed by atoms with E-state index in [2.05, 4.69) is 66.0 Å². The summed E-state index contributed by atoms with van der Waals surface area (Å²) >= 11 is 2.27. The van der Waals surface area contributed by atoms with Crippen molar-refractivity contribution in [1.29, 1.82) is 0 Å². The van der Waals surface area contributed by atoms with Crippen LogP contribution in [0, 0.1) is 15.4 Å². The van der Waals surface area contributed by atoms with Crippen LogP contribution >= 0.6 is 22.6 Å². The SMILES string of the molecule is CC(C)CC(CNCc1ccc(I)cc1)C(=O)O. The van der Waals surface area contributed by atoms with Gasteiger partial charge >= 0.3 is 5.97 Å². The summed E-state index contributed by atoms with van der Waals surface area (Å²) in [6, 6.07) is 8.24. The van der Waals surface area contributed by atoms with Crippen molar-refractivity contribution in [2.75, 3.05) is 6.54 Å². The summed E-state index contributed by atoms with van der Waals surface area (Å²) in [5.74, 6) is -0.598. The zero-order valence-electron chi connectivity index (χ0n) is 10.8. The van der Waals surface area contributed by atoms with Crippen LogP contribution in [0.4, 0.5) is 0 Å². The van der Waals surface area contributed by atoms with Gasteiger partial charge in [0.05, 0.1) is 5.92 Å². The molecule has 0 aromatic heterocycles. The van der Waals surface area contributed by atoms with Crippen molar-refractivity contribution >= 4 is 28.6 Å². The number of rotatable bonds is 7. The van der Waals surface area contributed by atoms with Crippen molar-refractivity contribution in [3.63, 3.8) is 0 Å². The van der Waals surface area contributed by atoms with Gasteiger partial charge in [0.25, 0.3) is 0 Å². The fourth-order valence-corrected chi connectivity index (χ4v) is 2.19. The van der Waals surface area contributed by atoms with Crippen molar-refractivity contribution in [3.8, 4) is 0 Å². The van der Waals surface area contributed by atoms with E-state index in [1.165, 1.54) is 9.13 Å². The molecule has 0 aliphatic heterocycles. The third kappa shape index (κ3) is 5.82. The number of benzene rings is 1. The molecule has 1 atom stereocenters. The van der Waals surface area contributed by atoms with E-state index in [4.69, 9.17) is 5.11 Å². The maximum absolute atomic E-state index is 11.1. The molecule has 1 rings (SSSR count). The molecule has 1 aromatic rings. The van der Waals surface area contributed by atoms with Crippen molar-refractivity contribution in [1.82, 2.24) is 5.32 Å². The van der Waals surface area contributed by atoms with Gasteiger partial charge in [-0.05, 0) is 52.6 Å². The van der Waals surface area contributed by atoms with Gasteiger partial charge in [-0.2, -0.15) is 0 Å². The first-order valence-corrected chi connectivity index (χ1v) is 7.25. The summed E-state index contributed by atoms with van der Waals surface area (Å²) in [5, 5.41) is 12.3. The van der Waals surface area contributed by atoms with E-state index in [1.807, 2.05) is 0 Å². The quantitative estimate of drug-likeness (QED) is 0.734. The number of halogens is 1. The average molecular weight is 361 g/mol. The van der Waals surface area contributed by atoms with Gasteiger partial charge in [-0.1, -0.05) is 26.0 Å². The molecule has 100 valence electrons. The highest BCUT2D eigenvalue weighted by Crippen LogP contribution is 2.12. The van der Waals surface area contributed by atoms with Crippen LogP contribution in [0.25, 0.3) is 0 Å². The number of hydrogen-bond donors (Lipinski definition) is 2. The molecule has 1 unspecified atom stereocenters. The highest BCUT2D eigenvalue weighted by atomic mass is 127. The Hall–Kier alpha value is -0.620. The molecular formula is C14H20INO2. The van der Waals surface area contributed by atoms with Gasteiger partial charge in [-0.15, -0.1) is 0 Å². The summed E-state index contributed by atoms with van der Waals surface area (Å²) in [7, 11) is 0. The normalized spacial score (nSPS) is 12.7. The first kappa shape index (κ1) is 15.4. The summed E-state index contributed by atoms with van der Waals surface area (Å²) in [6.07, 6.45) is 0.717. The Morgan fingerprint density at radius 2 is 1.94 bits per heavy atom. The smallest absolute Gasteiger partial charge is 0.307 e. The minimum absolute atomic E-state index is 0.297. The highest BCUT2D eigenvalue weighted by molar-refractivity contribution is 14.1. The third-order valence-electron chi connectivity index (χ3n) is 2.74. The molecule has 2 N–H and O–H groups in total. The molecule has 0 bridgehead atoms. The van der Waals surface area contributed by atoms with E-state index in [0.29, 0.717) is 12.5 Å². The minimum atomic E-state index is -0.709. The fraction of sp³-hybridized carbons (Fsp3) is 0.500. The third-order valence-corrected chi connectivity index (χ3v) is 3.46. The highest BCUT2D eigenvalue weighted by Gasteiger charge is 2.18. The van der Waals surface area contributed by atoms with E-state index in [1.54, 1.807) is 0 Å². The summed E-state index contributed by atoms with van der Waals surface area (Å²) < 4.78 is 1.21. The number of aliphatic carboxylic acids is 1. The van der Waals surface area contributed by atoms with Gasteiger partial charge in [0.1, 0.15) is 0 Å². The van der Waals surface area contributed by atoms with Crippen molar-refractivity contribution in [3.05, 3.63) is 33.4 Å². The summed E-state index contributed by atoms with van der Waals surface area (Å²) in [4.78, 5) is 11.1. The lowest BCUT2D eigenvalue weighted by Crippen LogP contribution is -2.29. The molecule has 0 amide bonds. The molecule has 0 saturated heterocycles. The van der Waals surface area contributed by atoms with Crippen molar-refractivity contribution < 1.29 is 9.90 Å². The molecule has 0 radical (unpaired) electrons. The van der Waals surface area contributed by atoms with Gasteiger partial charge < -0.3 is 10.4 Å². The predicted octanol–water partition coefficient (Wildman–Crippen LogP) is 3.13. The largest absolute Gasteiger partial charge is 0.481 e. The average Bonchev–Trinajstić information content (AvgIpc) is 2.29. The Kier molecular flexibility index (Phi) is 6.63. The standard InChI is InChI=1S/C14H20INO2/c1-10(2)7-12(14(17)18)9-16-8-11-3-5-13(15)6-4-11/h3-6,10,12,16H,7-9H2,1-2H3,(H,17,18). The number of carbonyl (C=O) groups is 1. The maximum Gasteiger partial charge on any atom is 0.307 e. The Labute approximate surface area is 122 Å². The van der Waals surface area contributed by atoms with E-state index < -0.39 is 5.97 Å². The number of carboxylic acid groups (broad SMARTS) is 1. The predicted molar refractivity (Wildman–Crippen MR) is 81.4 cm³/mol. The zero-order chi connectivity index (χ0) is 13.5. The number of nitrogens with one attached hydrogen (secondary N) is 1. The molecule has 0 heterocycles. The first-order chi connectivity index (χ1) is 8.49. The van der Waals surface area contributed by atoms with Crippen LogP contribution < -0.4 is 5.32 Å². The Morgan fingerprint density at radius 3 is 2.44 bits per heavy atom. The van der Waals surface area contributed by atoms with Crippen LogP contribution in [0.3, 0.4) is 0 Å². The van der Waals surface area contributed by atoms with Gasteiger partial charge in [-0.25, -0.2) is 0 Å². The first-order valence-electron chi connectivity index (χ1n) is 6.17. The monoisotopic (exact) mass is 361 g/mol. The second-order valence-corrected chi connectivity index (χ2v) is 6.17. The molecule has 0 saturated carbocycles. The fourth-order valence-electron chi connectivity index (χ4n) is 1.83. The van der Waals surface area contributed by atoms with Gasteiger partial charge in [0.2, 0.25) is 0 Å². The Morgan fingerprint density at radius 1 is 1.33 bits per heavy atom. The second-order valence-electron chi connectivity index (χ2n) is 4.92. The van der Waals surface area contributed by atoms with E-state index in [9.17, 15) is 4.79 Å². The maximum atomic E-state index is 11.1. The lowest BCUT2D eigenvalue weighted by molar-refractivity contribution is -0.142. The van der Waals surface area contributed by atoms with E-state index in [0.717, 1.165) is 13.0 Å². The Bertz CT molecular complexity index is 376. The van der Waals surface area contributed by atoms with Crippen LogP contribution in [-0.2, 0) is 11.3 Å². The van der Waals surface area contributed by atoms with Crippen molar-refractivity contribution in [2.24, 2.45) is 11.8 Å². The molecular weight excluding hydrogens is 341 g/mol. The molecule has 0 spiro atoms. The molecule has 18 heavy (non-hydrogen) atoms. The minimum Gasteiger partial charge on any atom is -0.481 e. The van der Waals surface area contributed by atoms with Crippen molar-refractivity contribution in [2.45, 2.75) is 26.8 Å². The van der Waals surface area contributed by atoms with E-state index in [-0.39, 0.29) is 5.92 Å². The Balaban J connectivity index is 2.38. The number of carboxylic acids is 1. The lowest BCUT2D eigenvalue weighted by atomic mass is 9.97. The summed E-state index contributed by atoms with van der Waals surface area (Å²) in [6.45, 7) is 5.35. The molecule has 4 heteroatoms. The topological polar surface area (TPSA) is 49.3 Å². The molecule has 3 nitrogen and oxygen atoms in total. The van der Waals surface area contributed by atoms with Crippen LogP contribution in [0.2, 0.25) is 0 Å². The van der Waals surface area contributed by atoms with Crippen LogP contribution in [0.15, 0.2) is 24.3 Å². The van der Waals surface area contributed by atoms with Gasteiger partial charge in [0, 0.05) is 16.7 Å².